The van der Waals surface area contributed by atoms with Crippen molar-refractivity contribution in [2.45, 2.75) is 19.6 Å². The second kappa shape index (κ2) is 7.66. The number of hydrogen-bond donors (Lipinski definition) is 0. The fourth-order valence-electron chi connectivity index (χ4n) is 2.59. The van der Waals surface area contributed by atoms with Crippen LogP contribution in [-0.4, -0.2) is 17.3 Å². The normalized spacial score (nSPS) is 17.5. The topological polar surface area (TPSA) is 34.5 Å². The molecule has 0 bridgehead atoms. The zero-order valence-electron chi connectivity index (χ0n) is 14.1. The van der Waals surface area contributed by atoms with Crippen molar-refractivity contribution in [3.63, 3.8) is 0 Å². The van der Waals surface area contributed by atoms with Gasteiger partial charge in [0.25, 0.3) is 6.43 Å². The van der Waals surface area contributed by atoms with Crippen molar-refractivity contribution in [3.8, 4) is 0 Å². The second-order valence-corrected chi connectivity index (χ2v) is 5.87. The molecule has 1 aliphatic heterocycles. The minimum Gasteiger partial charge on any atom is -0.346 e. The van der Waals surface area contributed by atoms with Gasteiger partial charge in [0.2, 0.25) is 0 Å². The molecule has 0 saturated carbocycles. The Morgan fingerprint density at radius 1 is 1.31 bits per heavy atom. The fraction of sp³-hybridized carbons (Fsp3) is 0.200. The first-order valence-electron chi connectivity index (χ1n) is 8.01. The zero-order chi connectivity index (χ0) is 18.7. The standard InChI is InChI=1S/C20H17F3N2O/c1-3-13-9-15(19(22)23)10-24-17(13)8-12(2)18-11-26-20(25-18)14-4-6-16(21)7-5-14/h3-10,19-20H,1,11H2,2H3/b12-8+. The highest BCUT2D eigenvalue weighted by Gasteiger charge is 2.21. The number of benzene rings is 1. The highest BCUT2D eigenvalue weighted by molar-refractivity contribution is 6.05. The van der Waals surface area contributed by atoms with Crippen molar-refractivity contribution in [3.05, 3.63) is 76.9 Å². The molecule has 2 aromatic rings. The number of halogens is 3. The van der Waals surface area contributed by atoms with Gasteiger partial charge < -0.3 is 4.74 Å². The van der Waals surface area contributed by atoms with Crippen molar-refractivity contribution in [2.75, 3.05) is 6.61 Å². The average molecular weight is 358 g/mol. The molecule has 0 saturated heterocycles. The summed E-state index contributed by atoms with van der Waals surface area (Å²) in [6.07, 6.45) is 1.35. The zero-order valence-corrected chi connectivity index (χ0v) is 14.1. The number of nitrogens with zero attached hydrogens (tertiary/aromatic N) is 2. The number of hydrogen-bond acceptors (Lipinski definition) is 3. The van der Waals surface area contributed by atoms with Crippen LogP contribution in [0.5, 0.6) is 0 Å². The molecule has 1 unspecified atom stereocenters. The maximum absolute atomic E-state index is 13.0. The summed E-state index contributed by atoms with van der Waals surface area (Å²) in [6.45, 7) is 5.82. The van der Waals surface area contributed by atoms with E-state index in [1.807, 2.05) is 6.92 Å². The summed E-state index contributed by atoms with van der Waals surface area (Å²) in [7, 11) is 0. The van der Waals surface area contributed by atoms with Crippen molar-refractivity contribution in [1.82, 2.24) is 4.98 Å². The molecule has 1 atom stereocenters. The van der Waals surface area contributed by atoms with Crippen LogP contribution >= 0.6 is 0 Å². The third-order valence-electron chi connectivity index (χ3n) is 4.06. The Morgan fingerprint density at radius 2 is 2.04 bits per heavy atom. The van der Waals surface area contributed by atoms with Crippen LogP contribution < -0.4 is 0 Å². The van der Waals surface area contributed by atoms with Gasteiger partial charge in [-0.3, -0.25) is 9.98 Å². The van der Waals surface area contributed by atoms with E-state index in [-0.39, 0.29) is 11.4 Å². The van der Waals surface area contributed by atoms with E-state index >= 15 is 0 Å². The monoisotopic (exact) mass is 358 g/mol. The molecule has 0 fully saturated rings. The van der Waals surface area contributed by atoms with E-state index in [9.17, 15) is 13.2 Å². The van der Waals surface area contributed by atoms with Gasteiger partial charge in [-0.1, -0.05) is 24.8 Å². The van der Waals surface area contributed by atoms with E-state index in [2.05, 4.69) is 16.6 Å². The van der Waals surface area contributed by atoms with Gasteiger partial charge in [0.05, 0.1) is 18.0 Å². The molecular formula is C20H17F3N2O. The van der Waals surface area contributed by atoms with Gasteiger partial charge in [-0.25, -0.2) is 13.2 Å². The Labute approximate surface area is 149 Å². The van der Waals surface area contributed by atoms with E-state index in [4.69, 9.17) is 4.74 Å². The lowest BCUT2D eigenvalue weighted by Crippen LogP contribution is -2.03. The Kier molecular flexibility index (Phi) is 5.32. The minimum absolute atomic E-state index is 0.146. The number of ether oxygens (including phenoxy) is 1. The third-order valence-corrected chi connectivity index (χ3v) is 4.06. The van der Waals surface area contributed by atoms with Crippen LogP contribution in [0.2, 0.25) is 0 Å². The third kappa shape index (κ3) is 3.91. The van der Waals surface area contributed by atoms with E-state index in [1.54, 1.807) is 18.2 Å². The van der Waals surface area contributed by atoms with Crippen LogP contribution in [0.15, 0.2) is 53.7 Å². The van der Waals surface area contributed by atoms with Gasteiger partial charge in [-0.2, -0.15) is 0 Å². The number of pyridine rings is 1. The van der Waals surface area contributed by atoms with Crippen LogP contribution in [0.4, 0.5) is 13.2 Å². The Bertz CT molecular complexity index is 873. The summed E-state index contributed by atoms with van der Waals surface area (Å²) in [5, 5.41) is 0. The summed E-state index contributed by atoms with van der Waals surface area (Å²) >= 11 is 0. The highest BCUT2D eigenvalue weighted by atomic mass is 19.3. The summed E-state index contributed by atoms with van der Waals surface area (Å²) in [6, 6.07) is 7.36. The molecule has 26 heavy (non-hydrogen) atoms. The first kappa shape index (κ1) is 18.1. The molecule has 2 heterocycles. The van der Waals surface area contributed by atoms with Gasteiger partial charge in [-0.15, -0.1) is 0 Å². The van der Waals surface area contributed by atoms with E-state index in [0.29, 0.717) is 17.9 Å². The highest BCUT2D eigenvalue weighted by Crippen LogP contribution is 2.27. The summed E-state index contributed by atoms with van der Waals surface area (Å²) in [5.41, 5.74) is 3.23. The molecule has 3 nitrogen and oxygen atoms in total. The first-order chi connectivity index (χ1) is 12.5. The molecule has 6 heteroatoms. The SMILES string of the molecule is C=Cc1cc(C(F)F)cnc1/C=C(\C)C1=NC(c2ccc(F)cc2)OC1. The lowest BCUT2D eigenvalue weighted by molar-refractivity contribution is 0.110. The predicted octanol–water partition coefficient (Wildman–Crippen LogP) is 5.37. The number of alkyl halides is 2. The van der Waals surface area contributed by atoms with E-state index < -0.39 is 12.7 Å². The van der Waals surface area contributed by atoms with Gasteiger partial charge in [0, 0.05) is 22.9 Å². The molecule has 0 amide bonds. The minimum atomic E-state index is -2.58. The van der Waals surface area contributed by atoms with Crippen molar-refractivity contribution in [1.29, 1.82) is 0 Å². The Hall–Kier alpha value is -2.73. The van der Waals surface area contributed by atoms with Crippen LogP contribution in [0.25, 0.3) is 12.2 Å². The number of aromatic nitrogens is 1. The molecule has 1 aromatic carbocycles. The molecule has 134 valence electrons. The van der Waals surface area contributed by atoms with Gasteiger partial charge in [0.15, 0.2) is 6.23 Å². The summed E-state index contributed by atoms with van der Waals surface area (Å²) in [4.78, 5) is 8.62. The van der Waals surface area contributed by atoms with E-state index in [1.165, 1.54) is 24.3 Å². The Morgan fingerprint density at radius 3 is 2.69 bits per heavy atom. The molecule has 0 spiro atoms. The largest absolute Gasteiger partial charge is 0.346 e. The van der Waals surface area contributed by atoms with Crippen molar-refractivity contribution < 1.29 is 17.9 Å². The molecule has 3 rings (SSSR count). The number of rotatable bonds is 5. The maximum Gasteiger partial charge on any atom is 0.265 e. The molecule has 0 N–H and O–H groups in total. The molecular weight excluding hydrogens is 341 g/mol. The van der Waals surface area contributed by atoms with Crippen LogP contribution in [0.1, 0.15) is 42.0 Å². The predicted molar refractivity (Wildman–Crippen MR) is 95.5 cm³/mol. The average Bonchev–Trinajstić information content (AvgIpc) is 3.12. The van der Waals surface area contributed by atoms with Gasteiger partial charge >= 0.3 is 0 Å². The van der Waals surface area contributed by atoms with Crippen molar-refractivity contribution >= 4 is 17.9 Å². The maximum atomic E-state index is 13.0. The molecule has 0 radical (unpaired) electrons. The summed E-state index contributed by atoms with van der Waals surface area (Å²) < 4.78 is 44.3. The first-order valence-corrected chi connectivity index (χ1v) is 8.01. The van der Waals surface area contributed by atoms with Crippen molar-refractivity contribution in [2.24, 2.45) is 4.99 Å². The lowest BCUT2D eigenvalue weighted by Gasteiger charge is -2.06. The van der Waals surface area contributed by atoms with E-state index in [0.717, 1.165) is 23.0 Å². The lowest BCUT2D eigenvalue weighted by atomic mass is 10.1. The van der Waals surface area contributed by atoms with Crippen LogP contribution in [0, 0.1) is 5.82 Å². The van der Waals surface area contributed by atoms with Gasteiger partial charge in [0.1, 0.15) is 5.82 Å². The smallest absolute Gasteiger partial charge is 0.265 e. The molecule has 1 aliphatic rings. The van der Waals surface area contributed by atoms with Gasteiger partial charge in [-0.05, 0) is 36.8 Å². The quantitative estimate of drug-likeness (QED) is 0.720. The molecule has 0 aliphatic carbocycles. The Balaban J connectivity index is 1.85. The fourth-order valence-corrected chi connectivity index (χ4v) is 2.59. The summed E-state index contributed by atoms with van der Waals surface area (Å²) in [5.74, 6) is -0.317. The number of aliphatic imine (C=N–C) groups is 1. The molecule has 1 aromatic heterocycles. The van der Waals surface area contributed by atoms with Crippen LogP contribution in [-0.2, 0) is 4.74 Å². The van der Waals surface area contributed by atoms with Crippen LogP contribution in [0.3, 0.4) is 0 Å². The second-order valence-electron chi connectivity index (χ2n) is 5.87.